The number of esters is 1. The SMILES string of the molecule is O=C(COC(=O)/C=C/c1ccco1)NCCSc1ccc(Br)cc1. The van der Waals surface area contributed by atoms with Gasteiger partial charge in [0.2, 0.25) is 0 Å². The average Bonchev–Trinajstić information content (AvgIpc) is 3.10. The number of ether oxygens (including phenoxy) is 1. The number of hydrogen-bond acceptors (Lipinski definition) is 5. The second-order valence-corrected chi connectivity index (χ2v) is 6.69. The summed E-state index contributed by atoms with van der Waals surface area (Å²) in [6.07, 6.45) is 4.20. The third-order valence-electron chi connectivity index (χ3n) is 2.78. The second kappa shape index (κ2) is 10.00. The lowest BCUT2D eigenvalue weighted by Crippen LogP contribution is -2.30. The van der Waals surface area contributed by atoms with E-state index < -0.39 is 5.97 Å². The maximum Gasteiger partial charge on any atom is 0.331 e. The highest BCUT2D eigenvalue weighted by Crippen LogP contribution is 2.19. The topological polar surface area (TPSA) is 68.5 Å². The Hall–Kier alpha value is -1.99. The molecule has 0 aliphatic heterocycles. The number of amides is 1. The van der Waals surface area contributed by atoms with Gasteiger partial charge in [0.25, 0.3) is 5.91 Å². The smallest absolute Gasteiger partial charge is 0.331 e. The highest BCUT2D eigenvalue weighted by molar-refractivity contribution is 9.10. The van der Waals surface area contributed by atoms with Crippen LogP contribution in [0.2, 0.25) is 0 Å². The van der Waals surface area contributed by atoms with E-state index in [4.69, 9.17) is 9.15 Å². The van der Waals surface area contributed by atoms with Crippen molar-refractivity contribution >= 4 is 45.6 Å². The molecule has 1 amide bonds. The molecule has 0 bridgehead atoms. The second-order valence-electron chi connectivity index (χ2n) is 4.61. The summed E-state index contributed by atoms with van der Waals surface area (Å²) in [4.78, 5) is 24.2. The Morgan fingerprint density at radius 2 is 2.04 bits per heavy atom. The predicted molar refractivity (Wildman–Crippen MR) is 96.6 cm³/mol. The zero-order chi connectivity index (χ0) is 17.2. The van der Waals surface area contributed by atoms with E-state index in [-0.39, 0.29) is 12.5 Å². The molecule has 0 unspecified atom stereocenters. The fourth-order valence-corrected chi connectivity index (χ4v) is 2.69. The number of carbonyl (C=O) groups excluding carboxylic acids is 2. The summed E-state index contributed by atoms with van der Waals surface area (Å²) in [6.45, 7) is 0.198. The van der Waals surface area contributed by atoms with Gasteiger partial charge < -0.3 is 14.5 Å². The minimum atomic E-state index is -0.592. The minimum Gasteiger partial charge on any atom is -0.465 e. The number of hydrogen-bond donors (Lipinski definition) is 1. The van der Waals surface area contributed by atoms with Gasteiger partial charge in [-0.25, -0.2) is 4.79 Å². The molecule has 0 radical (unpaired) electrons. The highest BCUT2D eigenvalue weighted by atomic mass is 79.9. The van der Waals surface area contributed by atoms with Crippen LogP contribution in [0.25, 0.3) is 6.08 Å². The van der Waals surface area contributed by atoms with Crippen LogP contribution in [-0.4, -0.2) is 30.8 Å². The monoisotopic (exact) mass is 409 g/mol. The quantitative estimate of drug-likeness (QED) is 0.312. The average molecular weight is 410 g/mol. The van der Waals surface area contributed by atoms with E-state index in [0.29, 0.717) is 12.3 Å². The molecule has 0 saturated heterocycles. The summed E-state index contributed by atoms with van der Waals surface area (Å²) in [5, 5.41) is 2.70. The van der Waals surface area contributed by atoms with Gasteiger partial charge in [0, 0.05) is 27.7 Å². The molecule has 2 rings (SSSR count). The molecule has 1 aromatic carbocycles. The van der Waals surface area contributed by atoms with Gasteiger partial charge in [-0.3, -0.25) is 4.79 Å². The van der Waals surface area contributed by atoms with E-state index in [9.17, 15) is 9.59 Å². The van der Waals surface area contributed by atoms with Crippen LogP contribution in [0.15, 0.2) is 62.5 Å². The molecular weight excluding hydrogens is 394 g/mol. The van der Waals surface area contributed by atoms with Gasteiger partial charge in [-0.15, -0.1) is 11.8 Å². The van der Waals surface area contributed by atoms with Crippen molar-refractivity contribution in [3.63, 3.8) is 0 Å². The van der Waals surface area contributed by atoms with Crippen molar-refractivity contribution in [3.8, 4) is 0 Å². The van der Waals surface area contributed by atoms with Crippen molar-refractivity contribution in [1.29, 1.82) is 0 Å². The third-order valence-corrected chi connectivity index (χ3v) is 4.32. The van der Waals surface area contributed by atoms with Crippen molar-refractivity contribution in [3.05, 3.63) is 59.0 Å². The summed E-state index contributed by atoms with van der Waals surface area (Å²) in [7, 11) is 0. The van der Waals surface area contributed by atoms with Crippen LogP contribution in [0, 0.1) is 0 Å². The summed E-state index contributed by atoms with van der Waals surface area (Å²) in [5.74, 6) is 0.359. The minimum absolute atomic E-state index is 0.301. The zero-order valence-electron chi connectivity index (χ0n) is 12.7. The van der Waals surface area contributed by atoms with Crippen molar-refractivity contribution in [2.75, 3.05) is 18.9 Å². The molecule has 0 aliphatic carbocycles. The molecule has 0 saturated carbocycles. The first-order valence-corrected chi connectivity index (χ1v) is 8.95. The Bertz CT molecular complexity index is 683. The fraction of sp³-hybridized carbons (Fsp3) is 0.176. The fourth-order valence-electron chi connectivity index (χ4n) is 1.66. The molecule has 2 aromatic rings. The molecule has 0 spiro atoms. The van der Waals surface area contributed by atoms with Gasteiger partial charge >= 0.3 is 5.97 Å². The number of carbonyl (C=O) groups is 2. The van der Waals surface area contributed by atoms with Crippen LogP contribution in [0.5, 0.6) is 0 Å². The summed E-state index contributed by atoms with van der Waals surface area (Å²) < 4.78 is 10.9. The molecule has 1 N–H and O–H groups in total. The van der Waals surface area contributed by atoms with Gasteiger partial charge in [0.1, 0.15) is 5.76 Å². The number of rotatable bonds is 8. The van der Waals surface area contributed by atoms with Crippen LogP contribution >= 0.6 is 27.7 Å². The van der Waals surface area contributed by atoms with E-state index in [2.05, 4.69) is 21.2 Å². The van der Waals surface area contributed by atoms with E-state index in [1.54, 1.807) is 23.9 Å². The van der Waals surface area contributed by atoms with Crippen molar-refractivity contribution in [2.45, 2.75) is 4.90 Å². The van der Waals surface area contributed by atoms with E-state index in [1.807, 2.05) is 24.3 Å². The number of benzene rings is 1. The Morgan fingerprint density at radius 3 is 2.75 bits per heavy atom. The molecule has 0 aliphatic rings. The lowest BCUT2D eigenvalue weighted by molar-refractivity contribution is -0.143. The maximum atomic E-state index is 11.6. The molecule has 126 valence electrons. The van der Waals surface area contributed by atoms with E-state index >= 15 is 0 Å². The number of nitrogens with one attached hydrogen (secondary N) is 1. The van der Waals surface area contributed by atoms with E-state index in [1.165, 1.54) is 18.4 Å². The van der Waals surface area contributed by atoms with Crippen LogP contribution in [0.3, 0.4) is 0 Å². The third kappa shape index (κ3) is 7.06. The zero-order valence-corrected chi connectivity index (χ0v) is 15.1. The molecule has 5 nitrogen and oxygen atoms in total. The molecular formula is C17H16BrNO4S. The summed E-state index contributed by atoms with van der Waals surface area (Å²) >= 11 is 5.02. The molecule has 1 heterocycles. The standard InChI is InChI=1S/C17H16BrNO4S/c18-13-3-6-15(7-4-13)24-11-9-19-16(20)12-23-17(21)8-5-14-2-1-10-22-14/h1-8,10H,9,11-12H2,(H,19,20)/b8-5+. The molecule has 7 heteroatoms. The van der Waals surface area contributed by atoms with Crippen LogP contribution < -0.4 is 5.32 Å². The Balaban J connectivity index is 1.57. The number of furan rings is 1. The molecule has 1 aromatic heterocycles. The Labute approximate surface area is 152 Å². The van der Waals surface area contributed by atoms with Gasteiger partial charge in [0.15, 0.2) is 6.61 Å². The van der Waals surface area contributed by atoms with Crippen molar-refractivity contribution < 1.29 is 18.7 Å². The molecule has 24 heavy (non-hydrogen) atoms. The molecule has 0 fully saturated rings. The Morgan fingerprint density at radius 1 is 1.25 bits per heavy atom. The van der Waals surface area contributed by atoms with Crippen LogP contribution in [0.1, 0.15) is 5.76 Å². The van der Waals surface area contributed by atoms with Crippen LogP contribution in [0.4, 0.5) is 0 Å². The summed E-state index contributed by atoms with van der Waals surface area (Å²) in [5.41, 5.74) is 0. The van der Waals surface area contributed by atoms with Gasteiger partial charge in [-0.1, -0.05) is 15.9 Å². The lowest BCUT2D eigenvalue weighted by Gasteiger charge is -2.05. The largest absolute Gasteiger partial charge is 0.465 e. The Kier molecular flexibility index (Phi) is 7.64. The first kappa shape index (κ1) is 18.4. The first-order chi connectivity index (χ1) is 11.6. The van der Waals surface area contributed by atoms with Crippen LogP contribution in [-0.2, 0) is 14.3 Å². The van der Waals surface area contributed by atoms with Crippen molar-refractivity contribution in [2.24, 2.45) is 0 Å². The lowest BCUT2D eigenvalue weighted by atomic mass is 10.4. The van der Waals surface area contributed by atoms with E-state index in [0.717, 1.165) is 15.1 Å². The van der Waals surface area contributed by atoms with Gasteiger partial charge in [-0.05, 0) is 42.5 Å². The van der Waals surface area contributed by atoms with Crippen molar-refractivity contribution in [1.82, 2.24) is 5.32 Å². The summed E-state index contributed by atoms with van der Waals surface area (Å²) in [6, 6.07) is 11.4. The molecule has 0 atom stereocenters. The predicted octanol–water partition coefficient (Wildman–Crippen LogP) is 3.51. The first-order valence-electron chi connectivity index (χ1n) is 7.17. The van der Waals surface area contributed by atoms with Gasteiger partial charge in [0.05, 0.1) is 6.26 Å². The number of thioether (sulfide) groups is 1. The maximum absolute atomic E-state index is 11.6. The normalized spacial score (nSPS) is 10.7. The van der Waals surface area contributed by atoms with Gasteiger partial charge in [-0.2, -0.15) is 0 Å². The highest BCUT2D eigenvalue weighted by Gasteiger charge is 2.04. The number of halogens is 1.